The van der Waals surface area contributed by atoms with Gasteiger partial charge in [-0.3, -0.25) is 4.79 Å². The topological polar surface area (TPSA) is 44.7 Å². The van der Waals surface area contributed by atoms with E-state index in [4.69, 9.17) is 0 Å². The van der Waals surface area contributed by atoms with Crippen LogP contribution in [0.1, 0.15) is 15.9 Å². The third-order valence-electron chi connectivity index (χ3n) is 3.92. The summed E-state index contributed by atoms with van der Waals surface area (Å²) in [5, 5.41) is 3.89. The number of benzene rings is 3. The maximum absolute atomic E-state index is 13.5. The number of para-hydroxylation sites is 1. The fourth-order valence-electron chi connectivity index (χ4n) is 2.46. The van der Waals surface area contributed by atoms with Crippen LogP contribution < -0.4 is 10.3 Å². The molecule has 0 unspecified atom stereocenters. The van der Waals surface area contributed by atoms with E-state index >= 15 is 0 Å². The van der Waals surface area contributed by atoms with Gasteiger partial charge >= 0.3 is 0 Å². The quantitative estimate of drug-likeness (QED) is 0.551. The van der Waals surface area contributed by atoms with Crippen molar-refractivity contribution >= 4 is 23.5 Å². The van der Waals surface area contributed by atoms with Gasteiger partial charge in [-0.05, 0) is 42.0 Å². The van der Waals surface area contributed by atoms with Gasteiger partial charge in [0.1, 0.15) is 5.82 Å². The summed E-state index contributed by atoms with van der Waals surface area (Å²) in [7, 11) is 1.99. The Morgan fingerprint density at radius 2 is 1.54 bits per heavy atom. The molecule has 0 spiro atoms. The predicted molar refractivity (Wildman–Crippen MR) is 102 cm³/mol. The number of carbonyl (C=O) groups excluding carboxylic acids is 1. The highest BCUT2D eigenvalue weighted by atomic mass is 19.1. The predicted octanol–water partition coefficient (Wildman–Crippen LogP) is 4.36. The van der Waals surface area contributed by atoms with E-state index in [0.29, 0.717) is 0 Å². The monoisotopic (exact) mass is 347 g/mol. The molecule has 0 saturated heterocycles. The van der Waals surface area contributed by atoms with Crippen LogP contribution in [0.25, 0.3) is 0 Å². The Balaban J connectivity index is 1.63. The van der Waals surface area contributed by atoms with E-state index in [9.17, 15) is 9.18 Å². The fourth-order valence-corrected chi connectivity index (χ4v) is 2.46. The number of rotatable bonds is 5. The normalized spacial score (nSPS) is 10.7. The van der Waals surface area contributed by atoms with Gasteiger partial charge in [-0.25, -0.2) is 9.82 Å². The molecule has 0 aliphatic carbocycles. The summed E-state index contributed by atoms with van der Waals surface area (Å²) in [5.74, 6) is -1.16. The van der Waals surface area contributed by atoms with Gasteiger partial charge < -0.3 is 4.90 Å². The molecule has 0 bridgehead atoms. The highest BCUT2D eigenvalue weighted by Crippen LogP contribution is 2.22. The van der Waals surface area contributed by atoms with Crippen LogP contribution in [0.4, 0.5) is 15.8 Å². The van der Waals surface area contributed by atoms with Crippen LogP contribution in [0.5, 0.6) is 0 Å². The van der Waals surface area contributed by atoms with Crippen LogP contribution >= 0.6 is 0 Å². The fraction of sp³-hybridized carbons (Fsp3) is 0.0476. The van der Waals surface area contributed by atoms with Crippen LogP contribution in [0, 0.1) is 5.82 Å². The van der Waals surface area contributed by atoms with Gasteiger partial charge in [0.05, 0.1) is 11.8 Å². The molecule has 5 heteroatoms. The first-order valence-electron chi connectivity index (χ1n) is 8.12. The SMILES string of the molecule is CN(c1ccccc1)c1ccc(/C=N/NC(=O)c2ccccc2F)cc1. The van der Waals surface area contributed by atoms with Crippen molar-refractivity contribution in [2.75, 3.05) is 11.9 Å². The number of nitrogens with zero attached hydrogens (tertiary/aromatic N) is 2. The van der Waals surface area contributed by atoms with Crippen LogP contribution in [0.15, 0.2) is 84.0 Å². The molecule has 26 heavy (non-hydrogen) atoms. The first-order valence-corrected chi connectivity index (χ1v) is 8.12. The lowest BCUT2D eigenvalue weighted by molar-refractivity contribution is 0.0951. The number of halogens is 1. The van der Waals surface area contributed by atoms with Crippen molar-refractivity contribution in [2.45, 2.75) is 0 Å². The van der Waals surface area contributed by atoms with Gasteiger partial charge in [0, 0.05) is 18.4 Å². The first kappa shape index (κ1) is 17.4. The molecule has 0 atom stereocenters. The second-order valence-electron chi connectivity index (χ2n) is 5.67. The summed E-state index contributed by atoms with van der Waals surface area (Å²) >= 11 is 0. The number of hydrogen-bond donors (Lipinski definition) is 1. The van der Waals surface area contributed by atoms with Crippen molar-refractivity contribution in [1.82, 2.24) is 5.43 Å². The third-order valence-corrected chi connectivity index (χ3v) is 3.92. The summed E-state index contributed by atoms with van der Waals surface area (Å²) in [5.41, 5.74) is 5.24. The van der Waals surface area contributed by atoms with Crippen molar-refractivity contribution in [3.05, 3.63) is 95.8 Å². The van der Waals surface area contributed by atoms with E-state index < -0.39 is 11.7 Å². The smallest absolute Gasteiger partial charge is 0.274 e. The molecule has 0 aromatic heterocycles. The minimum absolute atomic E-state index is 0.0375. The number of amides is 1. The van der Waals surface area contributed by atoms with Gasteiger partial charge in [-0.2, -0.15) is 5.10 Å². The van der Waals surface area contributed by atoms with Crippen LogP contribution in [0.3, 0.4) is 0 Å². The molecule has 0 aliphatic heterocycles. The molecule has 0 fully saturated rings. The van der Waals surface area contributed by atoms with Crippen molar-refractivity contribution < 1.29 is 9.18 Å². The third kappa shape index (κ3) is 4.13. The minimum Gasteiger partial charge on any atom is -0.345 e. The number of nitrogens with one attached hydrogen (secondary N) is 1. The largest absolute Gasteiger partial charge is 0.345 e. The summed E-state index contributed by atoms with van der Waals surface area (Å²) in [6.45, 7) is 0. The van der Waals surface area contributed by atoms with Gasteiger partial charge in [0.15, 0.2) is 0 Å². The zero-order valence-electron chi connectivity index (χ0n) is 14.3. The molecule has 1 N–H and O–H groups in total. The molecule has 3 aromatic rings. The highest BCUT2D eigenvalue weighted by Gasteiger charge is 2.09. The van der Waals surface area contributed by atoms with Crippen molar-refractivity contribution in [1.29, 1.82) is 0 Å². The van der Waals surface area contributed by atoms with Crippen LogP contribution in [-0.4, -0.2) is 19.2 Å². The highest BCUT2D eigenvalue weighted by molar-refractivity contribution is 5.95. The summed E-state index contributed by atoms with van der Waals surface area (Å²) in [6, 6.07) is 23.5. The molecular weight excluding hydrogens is 329 g/mol. The van der Waals surface area contributed by atoms with E-state index in [1.807, 2.05) is 61.6 Å². The maximum atomic E-state index is 13.5. The number of hydrazone groups is 1. The number of hydrogen-bond acceptors (Lipinski definition) is 3. The molecule has 4 nitrogen and oxygen atoms in total. The molecule has 0 radical (unpaired) electrons. The zero-order valence-corrected chi connectivity index (χ0v) is 14.3. The first-order chi connectivity index (χ1) is 12.6. The Bertz CT molecular complexity index is 908. The van der Waals surface area contributed by atoms with E-state index in [-0.39, 0.29) is 5.56 Å². The average molecular weight is 347 g/mol. The Kier molecular flexibility index (Phi) is 5.39. The molecule has 0 saturated carbocycles. The van der Waals surface area contributed by atoms with Crippen LogP contribution in [-0.2, 0) is 0 Å². The Morgan fingerprint density at radius 1 is 0.923 bits per heavy atom. The lowest BCUT2D eigenvalue weighted by Gasteiger charge is -2.19. The Labute approximate surface area is 151 Å². The molecule has 3 aromatic carbocycles. The molecule has 1 amide bonds. The standard InChI is InChI=1S/C21H18FN3O/c1-25(17-7-3-2-4-8-17)18-13-11-16(12-14-18)15-23-24-21(26)19-9-5-6-10-20(19)22/h2-15H,1H3,(H,24,26)/b23-15+. The van der Waals surface area contributed by atoms with E-state index in [0.717, 1.165) is 16.9 Å². The summed E-state index contributed by atoms with van der Waals surface area (Å²) < 4.78 is 13.5. The molecule has 3 rings (SSSR count). The van der Waals surface area contributed by atoms with Gasteiger partial charge in [-0.15, -0.1) is 0 Å². The second-order valence-corrected chi connectivity index (χ2v) is 5.67. The molecular formula is C21H18FN3O. The van der Waals surface area contributed by atoms with Gasteiger partial charge in [-0.1, -0.05) is 42.5 Å². The summed E-state index contributed by atoms with van der Waals surface area (Å²) in [4.78, 5) is 14.0. The van der Waals surface area contributed by atoms with Crippen molar-refractivity contribution in [2.24, 2.45) is 5.10 Å². The average Bonchev–Trinajstić information content (AvgIpc) is 2.69. The van der Waals surface area contributed by atoms with E-state index in [1.54, 1.807) is 6.07 Å². The number of carbonyl (C=O) groups is 1. The second kappa shape index (κ2) is 8.07. The zero-order chi connectivity index (χ0) is 18.4. The Morgan fingerprint density at radius 3 is 2.23 bits per heavy atom. The summed E-state index contributed by atoms with van der Waals surface area (Å²) in [6.07, 6.45) is 1.52. The van der Waals surface area contributed by atoms with Gasteiger partial charge in [0.25, 0.3) is 5.91 Å². The Hall–Kier alpha value is -3.47. The van der Waals surface area contributed by atoms with Crippen molar-refractivity contribution in [3.8, 4) is 0 Å². The minimum atomic E-state index is -0.584. The van der Waals surface area contributed by atoms with Gasteiger partial charge in [0.2, 0.25) is 0 Å². The van der Waals surface area contributed by atoms with Crippen molar-refractivity contribution in [3.63, 3.8) is 0 Å². The number of anilines is 2. The van der Waals surface area contributed by atoms with Crippen LogP contribution in [0.2, 0.25) is 0 Å². The maximum Gasteiger partial charge on any atom is 0.274 e. The molecule has 130 valence electrons. The molecule has 0 aliphatic rings. The lowest BCUT2D eigenvalue weighted by Crippen LogP contribution is -2.18. The van der Waals surface area contributed by atoms with E-state index in [2.05, 4.69) is 15.4 Å². The lowest BCUT2D eigenvalue weighted by atomic mass is 10.2. The van der Waals surface area contributed by atoms with E-state index in [1.165, 1.54) is 24.4 Å². The molecule has 0 heterocycles.